The highest BCUT2D eigenvalue weighted by Gasteiger charge is 2.31. The molecule has 70 valence electrons. The summed E-state index contributed by atoms with van der Waals surface area (Å²) < 4.78 is 5.20. The van der Waals surface area contributed by atoms with Crippen LogP contribution in [0.2, 0.25) is 0 Å². The quantitative estimate of drug-likeness (QED) is 0.597. The summed E-state index contributed by atoms with van der Waals surface area (Å²) in [5.41, 5.74) is 5.41. The molecule has 0 aliphatic carbocycles. The largest absolute Gasteiger partial charge is 0.381 e. The molecule has 0 spiro atoms. The lowest BCUT2D eigenvalue weighted by atomic mass is 9.90. The fourth-order valence-electron chi connectivity index (χ4n) is 1.52. The summed E-state index contributed by atoms with van der Waals surface area (Å²) in [5, 5.41) is 2.90. The van der Waals surface area contributed by atoms with Crippen molar-refractivity contribution in [3.63, 3.8) is 0 Å². The Morgan fingerprint density at radius 1 is 1.58 bits per heavy atom. The van der Waals surface area contributed by atoms with Crippen LogP contribution in [0, 0.1) is 0 Å². The van der Waals surface area contributed by atoms with Crippen LogP contribution in [0.1, 0.15) is 19.8 Å². The van der Waals surface area contributed by atoms with Gasteiger partial charge in [0.25, 0.3) is 0 Å². The molecular weight excluding hydrogens is 156 g/mol. The fourth-order valence-corrected chi connectivity index (χ4v) is 1.52. The molecule has 1 aliphatic heterocycles. The number of carbonyl (C=O) groups excluding carboxylic acids is 1. The normalized spacial score (nSPS) is 21.8. The molecule has 0 aromatic carbocycles. The summed E-state index contributed by atoms with van der Waals surface area (Å²) in [6.45, 7) is 3.40. The SMILES string of the molecule is CC(=O)NC1(CN)CCOCC1. The van der Waals surface area contributed by atoms with Crippen molar-refractivity contribution in [3.05, 3.63) is 0 Å². The first-order valence-electron chi connectivity index (χ1n) is 4.25. The maximum absolute atomic E-state index is 10.9. The zero-order valence-electron chi connectivity index (χ0n) is 7.43. The first kappa shape index (κ1) is 9.48. The van der Waals surface area contributed by atoms with Gasteiger partial charge in [0.15, 0.2) is 0 Å². The lowest BCUT2D eigenvalue weighted by molar-refractivity contribution is -0.122. The Morgan fingerprint density at radius 3 is 2.58 bits per heavy atom. The van der Waals surface area contributed by atoms with Gasteiger partial charge in [-0.05, 0) is 12.8 Å². The number of ether oxygens (including phenoxy) is 1. The van der Waals surface area contributed by atoms with Crippen molar-refractivity contribution >= 4 is 5.91 Å². The Balaban J connectivity index is 2.53. The molecule has 4 heteroatoms. The van der Waals surface area contributed by atoms with E-state index in [0.717, 1.165) is 12.8 Å². The van der Waals surface area contributed by atoms with E-state index in [2.05, 4.69) is 5.32 Å². The molecule has 1 fully saturated rings. The third kappa shape index (κ3) is 2.19. The number of nitrogens with two attached hydrogens (primary N) is 1. The first-order valence-corrected chi connectivity index (χ1v) is 4.25. The minimum Gasteiger partial charge on any atom is -0.381 e. The summed E-state index contributed by atoms with van der Waals surface area (Å²) in [7, 11) is 0. The average Bonchev–Trinajstić information content (AvgIpc) is 2.05. The second kappa shape index (κ2) is 3.87. The average molecular weight is 172 g/mol. The second-order valence-corrected chi connectivity index (χ2v) is 3.28. The molecule has 0 atom stereocenters. The fraction of sp³-hybridized carbons (Fsp3) is 0.875. The number of hydrogen-bond acceptors (Lipinski definition) is 3. The summed E-state index contributed by atoms with van der Waals surface area (Å²) >= 11 is 0. The summed E-state index contributed by atoms with van der Waals surface area (Å²) in [5.74, 6) is -0.0117. The lowest BCUT2D eigenvalue weighted by Gasteiger charge is -2.36. The molecule has 0 saturated carbocycles. The molecule has 0 radical (unpaired) electrons. The molecule has 0 aromatic rings. The van der Waals surface area contributed by atoms with Crippen LogP contribution in [-0.4, -0.2) is 31.2 Å². The van der Waals surface area contributed by atoms with E-state index in [0.29, 0.717) is 19.8 Å². The topological polar surface area (TPSA) is 64.4 Å². The van der Waals surface area contributed by atoms with E-state index in [1.807, 2.05) is 0 Å². The summed E-state index contributed by atoms with van der Waals surface area (Å²) in [4.78, 5) is 10.9. The maximum Gasteiger partial charge on any atom is 0.217 e. The molecule has 4 nitrogen and oxygen atoms in total. The van der Waals surface area contributed by atoms with Crippen LogP contribution in [0.25, 0.3) is 0 Å². The molecule has 1 amide bonds. The number of rotatable bonds is 2. The standard InChI is InChI=1S/C8H16N2O2/c1-7(11)10-8(6-9)2-4-12-5-3-8/h2-6,9H2,1H3,(H,10,11). The molecule has 0 unspecified atom stereocenters. The van der Waals surface area contributed by atoms with Crippen molar-refractivity contribution in [1.29, 1.82) is 0 Å². The van der Waals surface area contributed by atoms with E-state index in [1.165, 1.54) is 6.92 Å². The van der Waals surface area contributed by atoms with Gasteiger partial charge in [0.05, 0.1) is 5.54 Å². The highest BCUT2D eigenvalue weighted by Crippen LogP contribution is 2.18. The van der Waals surface area contributed by atoms with Gasteiger partial charge in [-0.25, -0.2) is 0 Å². The highest BCUT2D eigenvalue weighted by molar-refractivity contribution is 5.73. The van der Waals surface area contributed by atoms with E-state index >= 15 is 0 Å². The van der Waals surface area contributed by atoms with Gasteiger partial charge in [-0.15, -0.1) is 0 Å². The Bertz CT molecular complexity index is 164. The van der Waals surface area contributed by atoms with Crippen molar-refractivity contribution in [2.75, 3.05) is 19.8 Å². The van der Waals surface area contributed by atoms with Gasteiger partial charge in [0, 0.05) is 26.7 Å². The number of amides is 1. The zero-order chi connectivity index (χ0) is 9.03. The van der Waals surface area contributed by atoms with Crippen LogP contribution >= 0.6 is 0 Å². The Morgan fingerprint density at radius 2 is 2.17 bits per heavy atom. The van der Waals surface area contributed by atoms with E-state index in [-0.39, 0.29) is 11.4 Å². The Hall–Kier alpha value is -0.610. The van der Waals surface area contributed by atoms with Crippen LogP contribution in [-0.2, 0) is 9.53 Å². The Labute approximate surface area is 72.5 Å². The van der Waals surface area contributed by atoms with Crippen molar-refractivity contribution in [3.8, 4) is 0 Å². The van der Waals surface area contributed by atoms with E-state index in [1.54, 1.807) is 0 Å². The number of carbonyl (C=O) groups is 1. The molecule has 1 saturated heterocycles. The van der Waals surface area contributed by atoms with Gasteiger partial charge in [0.2, 0.25) is 5.91 Å². The van der Waals surface area contributed by atoms with Crippen LogP contribution in [0.3, 0.4) is 0 Å². The maximum atomic E-state index is 10.9. The minimum atomic E-state index is -0.204. The van der Waals surface area contributed by atoms with E-state index in [4.69, 9.17) is 10.5 Å². The van der Waals surface area contributed by atoms with Crippen LogP contribution in [0.15, 0.2) is 0 Å². The lowest BCUT2D eigenvalue weighted by Crippen LogP contribution is -2.56. The van der Waals surface area contributed by atoms with Gasteiger partial charge >= 0.3 is 0 Å². The van der Waals surface area contributed by atoms with Gasteiger partial charge in [-0.1, -0.05) is 0 Å². The zero-order valence-corrected chi connectivity index (χ0v) is 7.43. The van der Waals surface area contributed by atoms with E-state index < -0.39 is 0 Å². The molecular formula is C8H16N2O2. The van der Waals surface area contributed by atoms with Crippen molar-refractivity contribution in [2.24, 2.45) is 5.73 Å². The van der Waals surface area contributed by atoms with E-state index in [9.17, 15) is 4.79 Å². The number of hydrogen-bond donors (Lipinski definition) is 2. The van der Waals surface area contributed by atoms with Crippen molar-refractivity contribution in [1.82, 2.24) is 5.32 Å². The van der Waals surface area contributed by atoms with Crippen molar-refractivity contribution < 1.29 is 9.53 Å². The summed E-state index contributed by atoms with van der Waals surface area (Å²) in [6.07, 6.45) is 1.64. The van der Waals surface area contributed by atoms with Gasteiger partial charge in [0.1, 0.15) is 0 Å². The van der Waals surface area contributed by atoms with Gasteiger partial charge < -0.3 is 15.8 Å². The molecule has 1 rings (SSSR count). The second-order valence-electron chi connectivity index (χ2n) is 3.28. The third-order valence-corrected chi connectivity index (χ3v) is 2.28. The van der Waals surface area contributed by atoms with Crippen LogP contribution < -0.4 is 11.1 Å². The minimum absolute atomic E-state index is 0.0117. The predicted octanol–water partition coefficient (Wildman–Crippen LogP) is -0.370. The predicted molar refractivity (Wildman–Crippen MR) is 45.7 cm³/mol. The molecule has 1 aliphatic rings. The van der Waals surface area contributed by atoms with Crippen molar-refractivity contribution in [2.45, 2.75) is 25.3 Å². The summed E-state index contributed by atoms with van der Waals surface area (Å²) in [6, 6.07) is 0. The monoisotopic (exact) mass is 172 g/mol. The number of nitrogens with one attached hydrogen (secondary N) is 1. The third-order valence-electron chi connectivity index (χ3n) is 2.28. The Kier molecular flexibility index (Phi) is 3.05. The molecule has 0 aromatic heterocycles. The first-order chi connectivity index (χ1) is 5.68. The smallest absolute Gasteiger partial charge is 0.217 e. The molecule has 1 heterocycles. The molecule has 3 N–H and O–H groups in total. The van der Waals surface area contributed by atoms with Crippen LogP contribution in [0.4, 0.5) is 0 Å². The molecule has 0 bridgehead atoms. The highest BCUT2D eigenvalue weighted by atomic mass is 16.5. The van der Waals surface area contributed by atoms with Gasteiger partial charge in [-0.2, -0.15) is 0 Å². The van der Waals surface area contributed by atoms with Gasteiger partial charge in [-0.3, -0.25) is 4.79 Å². The van der Waals surface area contributed by atoms with Crippen LogP contribution in [0.5, 0.6) is 0 Å². The molecule has 12 heavy (non-hydrogen) atoms.